The van der Waals surface area contributed by atoms with E-state index in [1.165, 1.54) is 6.08 Å². The number of benzene rings is 1. The standard InChI is InChI=1S/C14H17BrO5/c1-3-18-9-20-14-11(15)7-10(5-6-13(16)17)8-12(14)19-4-2/h5-8H,3-4,9H2,1-2H3,(H,16,17). The maximum atomic E-state index is 10.5. The smallest absolute Gasteiger partial charge is 0.328 e. The van der Waals surface area contributed by atoms with Crippen LogP contribution >= 0.6 is 15.9 Å². The number of ether oxygens (including phenoxy) is 3. The van der Waals surface area contributed by atoms with Gasteiger partial charge in [-0.3, -0.25) is 0 Å². The molecule has 0 aliphatic rings. The van der Waals surface area contributed by atoms with Gasteiger partial charge in [-0.25, -0.2) is 4.79 Å². The zero-order valence-corrected chi connectivity index (χ0v) is 13.0. The third-order valence-electron chi connectivity index (χ3n) is 2.24. The second-order valence-electron chi connectivity index (χ2n) is 3.69. The Morgan fingerprint density at radius 3 is 2.65 bits per heavy atom. The predicted octanol–water partition coefficient (Wildman–Crippen LogP) is 3.32. The van der Waals surface area contributed by atoms with Gasteiger partial charge in [-0.05, 0) is 53.5 Å². The maximum Gasteiger partial charge on any atom is 0.328 e. The lowest BCUT2D eigenvalue weighted by atomic mass is 10.2. The van der Waals surface area contributed by atoms with E-state index in [1.807, 2.05) is 13.8 Å². The van der Waals surface area contributed by atoms with E-state index in [0.717, 1.165) is 6.08 Å². The summed E-state index contributed by atoms with van der Waals surface area (Å²) in [7, 11) is 0. The van der Waals surface area contributed by atoms with Crippen LogP contribution in [0.4, 0.5) is 0 Å². The highest BCUT2D eigenvalue weighted by Crippen LogP contribution is 2.37. The van der Waals surface area contributed by atoms with Gasteiger partial charge >= 0.3 is 5.97 Å². The number of carbonyl (C=O) groups is 1. The Morgan fingerprint density at radius 2 is 2.05 bits per heavy atom. The lowest BCUT2D eigenvalue weighted by molar-refractivity contribution is -0.131. The summed E-state index contributed by atoms with van der Waals surface area (Å²) in [5.41, 5.74) is 0.700. The Labute approximate surface area is 126 Å². The lowest BCUT2D eigenvalue weighted by Gasteiger charge is -2.14. The molecule has 0 unspecified atom stereocenters. The molecule has 0 aliphatic carbocycles. The van der Waals surface area contributed by atoms with E-state index in [4.69, 9.17) is 19.3 Å². The summed E-state index contributed by atoms with van der Waals surface area (Å²) in [6.45, 7) is 4.89. The summed E-state index contributed by atoms with van der Waals surface area (Å²) in [5, 5.41) is 8.64. The molecule has 0 aliphatic heterocycles. The van der Waals surface area contributed by atoms with Crippen molar-refractivity contribution in [1.82, 2.24) is 0 Å². The van der Waals surface area contributed by atoms with Crippen LogP contribution in [0.25, 0.3) is 6.08 Å². The Morgan fingerprint density at radius 1 is 1.30 bits per heavy atom. The molecule has 0 saturated heterocycles. The molecule has 0 spiro atoms. The Balaban J connectivity index is 3.01. The molecule has 0 atom stereocenters. The van der Waals surface area contributed by atoms with E-state index >= 15 is 0 Å². The van der Waals surface area contributed by atoms with Crippen molar-refractivity contribution in [3.05, 3.63) is 28.2 Å². The van der Waals surface area contributed by atoms with E-state index in [-0.39, 0.29) is 6.79 Å². The minimum absolute atomic E-state index is 0.124. The second-order valence-corrected chi connectivity index (χ2v) is 4.54. The van der Waals surface area contributed by atoms with Crippen LogP contribution in [0.3, 0.4) is 0 Å². The van der Waals surface area contributed by atoms with E-state index < -0.39 is 5.97 Å². The largest absolute Gasteiger partial charge is 0.490 e. The number of aliphatic carboxylic acids is 1. The molecule has 0 bridgehead atoms. The van der Waals surface area contributed by atoms with Crippen LogP contribution in [0, 0.1) is 0 Å². The number of halogens is 1. The third kappa shape index (κ3) is 5.22. The molecule has 1 rings (SSSR count). The van der Waals surface area contributed by atoms with Crippen LogP contribution in [0.5, 0.6) is 11.5 Å². The van der Waals surface area contributed by atoms with Gasteiger partial charge < -0.3 is 19.3 Å². The fourth-order valence-electron chi connectivity index (χ4n) is 1.44. The van der Waals surface area contributed by atoms with Gasteiger partial charge in [-0.2, -0.15) is 0 Å². The average molecular weight is 345 g/mol. The third-order valence-corrected chi connectivity index (χ3v) is 2.83. The number of carboxylic acids is 1. The van der Waals surface area contributed by atoms with E-state index in [0.29, 0.717) is 34.7 Å². The Kier molecular flexibility index (Phi) is 7.11. The summed E-state index contributed by atoms with van der Waals surface area (Å²) in [4.78, 5) is 10.5. The number of carboxylic acid groups (broad SMARTS) is 1. The van der Waals surface area contributed by atoms with Crippen molar-refractivity contribution in [2.45, 2.75) is 13.8 Å². The van der Waals surface area contributed by atoms with Gasteiger partial charge in [0.1, 0.15) is 0 Å². The highest BCUT2D eigenvalue weighted by Gasteiger charge is 2.11. The minimum Gasteiger partial charge on any atom is -0.490 e. The summed E-state index contributed by atoms with van der Waals surface area (Å²) >= 11 is 3.39. The molecule has 1 aromatic rings. The molecular formula is C14H17BrO5. The second kappa shape index (κ2) is 8.60. The zero-order valence-electron chi connectivity index (χ0n) is 11.4. The van der Waals surface area contributed by atoms with Crippen molar-refractivity contribution in [1.29, 1.82) is 0 Å². The van der Waals surface area contributed by atoms with E-state index in [2.05, 4.69) is 15.9 Å². The first-order valence-corrected chi connectivity index (χ1v) is 6.95. The van der Waals surface area contributed by atoms with Crippen molar-refractivity contribution in [3.8, 4) is 11.5 Å². The fourth-order valence-corrected chi connectivity index (χ4v) is 2.01. The predicted molar refractivity (Wildman–Crippen MR) is 79.1 cm³/mol. The first-order chi connectivity index (χ1) is 9.58. The molecule has 0 aromatic heterocycles. The molecule has 6 heteroatoms. The van der Waals surface area contributed by atoms with Crippen LogP contribution in [-0.4, -0.2) is 31.1 Å². The monoisotopic (exact) mass is 344 g/mol. The van der Waals surface area contributed by atoms with Gasteiger partial charge in [0, 0.05) is 12.7 Å². The first kappa shape index (κ1) is 16.5. The quantitative estimate of drug-likeness (QED) is 0.445. The minimum atomic E-state index is -1.00. The molecule has 0 heterocycles. The molecule has 1 aromatic carbocycles. The van der Waals surface area contributed by atoms with Gasteiger partial charge in [0.2, 0.25) is 0 Å². The fraction of sp³-hybridized carbons (Fsp3) is 0.357. The van der Waals surface area contributed by atoms with E-state index in [1.54, 1.807) is 12.1 Å². The summed E-state index contributed by atoms with van der Waals surface area (Å²) in [5.74, 6) is 0.0650. The van der Waals surface area contributed by atoms with Crippen LogP contribution < -0.4 is 9.47 Å². The van der Waals surface area contributed by atoms with Crippen LogP contribution in [0.15, 0.2) is 22.7 Å². The average Bonchev–Trinajstić information content (AvgIpc) is 2.39. The molecule has 1 N–H and O–H groups in total. The van der Waals surface area contributed by atoms with Gasteiger partial charge in [0.15, 0.2) is 18.3 Å². The van der Waals surface area contributed by atoms with Gasteiger partial charge in [0.25, 0.3) is 0 Å². The highest BCUT2D eigenvalue weighted by molar-refractivity contribution is 9.10. The molecule has 0 amide bonds. The SMILES string of the molecule is CCOCOc1c(Br)cc(C=CC(=O)O)cc1OCC. The molecular weight excluding hydrogens is 328 g/mol. The van der Waals surface area contributed by atoms with E-state index in [9.17, 15) is 4.79 Å². The molecule has 0 radical (unpaired) electrons. The normalized spacial score (nSPS) is 10.8. The molecule has 5 nitrogen and oxygen atoms in total. The lowest BCUT2D eigenvalue weighted by Crippen LogP contribution is -2.05. The number of hydrogen-bond acceptors (Lipinski definition) is 4. The highest BCUT2D eigenvalue weighted by atomic mass is 79.9. The topological polar surface area (TPSA) is 65.0 Å². The molecule has 110 valence electrons. The van der Waals surface area contributed by atoms with Crippen LogP contribution in [-0.2, 0) is 9.53 Å². The maximum absolute atomic E-state index is 10.5. The van der Waals surface area contributed by atoms with Gasteiger partial charge in [-0.15, -0.1) is 0 Å². The van der Waals surface area contributed by atoms with Crippen molar-refractivity contribution in [2.75, 3.05) is 20.0 Å². The summed E-state index contributed by atoms with van der Waals surface area (Å²) in [6.07, 6.45) is 2.56. The first-order valence-electron chi connectivity index (χ1n) is 6.16. The number of rotatable bonds is 8. The Hall–Kier alpha value is -1.53. The van der Waals surface area contributed by atoms with Crippen LogP contribution in [0.2, 0.25) is 0 Å². The van der Waals surface area contributed by atoms with Gasteiger partial charge in [-0.1, -0.05) is 0 Å². The van der Waals surface area contributed by atoms with Crippen molar-refractivity contribution in [3.63, 3.8) is 0 Å². The van der Waals surface area contributed by atoms with Crippen LogP contribution in [0.1, 0.15) is 19.4 Å². The molecule has 0 saturated carbocycles. The van der Waals surface area contributed by atoms with Crippen molar-refractivity contribution < 1.29 is 24.1 Å². The van der Waals surface area contributed by atoms with Crippen molar-refractivity contribution in [2.24, 2.45) is 0 Å². The Bertz CT molecular complexity index is 485. The molecule has 20 heavy (non-hydrogen) atoms. The molecule has 0 fully saturated rings. The number of hydrogen-bond donors (Lipinski definition) is 1. The summed E-state index contributed by atoms with van der Waals surface area (Å²) < 4.78 is 16.8. The zero-order chi connectivity index (χ0) is 15.0. The summed E-state index contributed by atoms with van der Waals surface area (Å²) in [6, 6.07) is 3.47. The van der Waals surface area contributed by atoms with Crippen molar-refractivity contribution >= 4 is 28.0 Å². The van der Waals surface area contributed by atoms with Gasteiger partial charge in [0.05, 0.1) is 11.1 Å².